The summed E-state index contributed by atoms with van der Waals surface area (Å²) in [5, 5.41) is 1.44. The van der Waals surface area contributed by atoms with Crippen LogP contribution >= 0.6 is 15.9 Å². The summed E-state index contributed by atoms with van der Waals surface area (Å²) in [5.74, 6) is -7.30. The molecule has 1 aromatic carbocycles. The third kappa shape index (κ3) is 4.87. The van der Waals surface area contributed by atoms with E-state index in [4.69, 9.17) is 0 Å². The topological polar surface area (TPSA) is 29.1 Å². The van der Waals surface area contributed by atoms with Crippen LogP contribution in [-0.2, 0) is 11.3 Å². The van der Waals surface area contributed by atoms with E-state index in [0.29, 0.717) is 4.47 Å². The molecule has 21 heavy (non-hydrogen) atoms. The van der Waals surface area contributed by atoms with Gasteiger partial charge in [0.25, 0.3) is 0 Å². The minimum absolute atomic E-state index is 0.249. The summed E-state index contributed by atoms with van der Waals surface area (Å²) in [6, 6.07) is 3.37. The van der Waals surface area contributed by atoms with Gasteiger partial charge in [0, 0.05) is 16.6 Å². The molecule has 1 N–H and O–H groups in total. The highest BCUT2D eigenvalue weighted by Gasteiger charge is 2.61. The molecule has 1 aromatic rings. The van der Waals surface area contributed by atoms with E-state index in [9.17, 15) is 35.5 Å². The van der Waals surface area contributed by atoms with Gasteiger partial charge in [-0.15, -0.1) is 0 Å². The van der Waals surface area contributed by atoms with Gasteiger partial charge in [-0.05, 0) is 18.2 Å². The van der Waals surface area contributed by atoms with Gasteiger partial charge in [-0.2, -0.15) is 26.3 Å². The first-order valence-corrected chi connectivity index (χ1v) is 6.07. The van der Waals surface area contributed by atoms with Crippen molar-refractivity contribution in [2.75, 3.05) is 0 Å². The Morgan fingerprint density at radius 1 is 1.14 bits per heavy atom. The molecule has 118 valence electrons. The van der Waals surface area contributed by atoms with Gasteiger partial charge in [0.15, 0.2) is 0 Å². The Balaban J connectivity index is 2.87. The quantitative estimate of drug-likeness (QED) is 0.789. The van der Waals surface area contributed by atoms with Crippen LogP contribution in [0.4, 0.5) is 30.7 Å². The van der Waals surface area contributed by atoms with Gasteiger partial charge in [-0.1, -0.05) is 15.9 Å². The van der Waals surface area contributed by atoms with E-state index in [0.717, 1.165) is 12.1 Å². The van der Waals surface area contributed by atoms with Crippen LogP contribution < -0.4 is 5.32 Å². The number of hydrogen-bond acceptors (Lipinski definition) is 1. The third-order valence-electron chi connectivity index (χ3n) is 2.38. The molecule has 0 heterocycles. The van der Waals surface area contributed by atoms with Crippen molar-refractivity contribution in [2.45, 2.75) is 18.9 Å². The molecule has 0 saturated carbocycles. The van der Waals surface area contributed by atoms with Crippen LogP contribution in [0.5, 0.6) is 0 Å². The molecule has 0 aliphatic carbocycles. The fourth-order valence-corrected chi connectivity index (χ4v) is 1.85. The predicted octanol–water partition coefficient (Wildman–Crippen LogP) is 3.95. The van der Waals surface area contributed by atoms with Gasteiger partial charge in [0.2, 0.25) is 11.8 Å². The zero-order valence-electron chi connectivity index (χ0n) is 9.95. The number of nitrogens with one attached hydrogen (secondary N) is 1. The van der Waals surface area contributed by atoms with Gasteiger partial charge in [0.05, 0.1) is 0 Å². The minimum Gasteiger partial charge on any atom is -0.351 e. The summed E-state index contributed by atoms with van der Waals surface area (Å²) in [6.07, 6.45) is -11.6. The second-order valence-electron chi connectivity index (χ2n) is 3.97. The zero-order chi connectivity index (χ0) is 16.4. The summed E-state index contributed by atoms with van der Waals surface area (Å²) in [5.41, 5.74) is -0.249. The smallest absolute Gasteiger partial charge is 0.351 e. The first-order valence-electron chi connectivity index (χ1n) is 5.28. The van der Waals surface area contributed by atoms with Crippen LogP contribution in [0, 0.1) is 11.7 Å². The predicted molar refractivity (Wildman–Crippen MR) is 61.5 cm³/mol. The lowest BCUT2D eigenvalue weighted by molar-refractivity contribution is -0.274. The molecule has 0 radical (unpaired) electrons. The molecule has 0 saturated heterocycles. The van der Waals surface area contributed by atoms with Crippen LogP contribution in [0.1, 0.15) is 5.56 Å². The molecule has 0 bridgehead atoms. The van der Waals surface area contributed by atoms with Gasteiger partial charge in [-0.25, -0.2) is 4.39 Å². The normalized spacial score (nSPS) is 12.6. The van der Waals surface area contributed by atoms with Crippen LogP contribution in [-0.4, -0.2) is 18.3 Å². The minimum atomic E-state index is -5.78. The Labute approximate surface area is 122 Å². The largest absolute Gasteiger partial charge is 0.409 e. The Morgan fingerprint density at radius 3 is 2.14 bits per heavy atom. The number of amides is 1. The van der Waals surface area contributed by atoms with Crippen LogP contribution in [0.25, 0.3) is 0 Å². The molecule has 1 rings (SSSR count). The molecule has 0 spiro atoms. The highest BCUT2D eigenvalue weighted by molar-refractivity contribution is 9.10. The number of benzene rings is 1. The molecule has 2 nitrogen and oxygen atoms in total. The van der Waals surface area contributed by atoms with E-state index < -0.39 is 36.5 Å². The lowest BCUT2D eigenvalue weighted by Crippen LogP contribution is -2.47. The fraction of sp³-hybridized carbons (Fsp3) is 0.364. The zero-order valence-corrected chi connectivity index (χ0v) is 11.5. The average molecular weight is 382 g/mol. The molecule has 1 amide bonds. The van der Waals surface area contributed by atoms with E-state index in [1.165, 1.54) is 11.4 Å². The molecule has 0 unspecified atom stereocenters. The molecule has 0 fully saturated rings. The Bertz CT molecular complexity index is 512. The van der Waals surface area contributed by atoms with Crippen molar-refractivity contribution in [3.05, 3.63) is 34.1 Å². The Hall–Kier alpha value is -1.32. The van der Waals surface area contributed by atoms with Crippen molar-refractivity contribution in [2.24, 2.45) is 5.92 Å². The van der Waals surface area contributed by atoms with E-state index >= 15 is 0 Å². The first-order chi connectivity index (χ1) is 9.43. The maximum atomic E-state index is 13.3. The number of halogens is 8. The SMILES string of the molecule is O=C(NCc1cc(Br)ccc1F)C(C(F)(F)F)C(F)(F)F. The monoisotopic (exact) mass is 381 g/mol. The van der Waals surface area contributed by atoms with Gasteiger partial charge < -0.3 is 5.32 Å². The third-order valence-corrected chi connectivity index (χ3v) is 2.87. The molecule has 0 aliphatic heterocycles. The summed E-state index contributed by atoms with van der Waals surface area (Å²) < 4.78 is 87.3. The summed E-state index contributed by atoms with van der Waals surface area (Å²) in [6.45, 7) is -0.799. The van der Waals surface area contributed by atoms with E-state index in [-0.39, 0.29) is 5.56 Å². The maximum Gasteiger partial charge on any atom is 0.409 e. The van der Waals surface area contributed by atoms with Crippen molar-refractivity contribution in [1.29, 1.82) is 0 Å². The van der Waals surface area contributed by atoms with E-state index in [1.807, 2.05) is 0 Å². The second kappa shape index (κ2) is 6.20. The fourth-order valence-electron chi connectivity index (χ4n) is 1.45. The molecule has 0 aliphatic rings. The van der Waals surface area contributed by atoms with Crippen molar-refractivity contribution < 1.29 is 35.5 Å². The first kappa shape index (κ1) is 17.7. The number of carbonyl (C=O) groups is 1. The van der Waals surface area contributed by atoms with E-state index in [1.54, 1.807) is 0 Å². The Kier molecular flexibility index (Phi) is 5.24. The van der Waals surface area contributed by atoms with Gasteiger partial charge in [-0.3, -0.25) is 4.79 Å². The summed E-state index contributed by atoms with van der Waals surface area (Å²) in [4.78, 5) is 11.1. The number of carbonyl (C=O) groups excluding carboxylic acids is 1. The van der Waals surface area contributed by atoms with E-state index in [2.05, 4.69) is 15.9 Å². The maximum absolute atomic E-state index is 13.3. The van der Waals surface area contributed by atoms with Crippen LogP contribution in [0.2, 0.25) is 0 Å². The molecular formula is C11H7BrF7NO. The number of rotatable bonds is 3. The van der Waals surface area contributed by atoms with Crippen molar-refractivity contribution in [1.82, 2.24) is 5.32 Å². The van der Waals surface area contributed by atoms with Gasteiger partial charge >= 0.3 is 12.4 Å². The summed E-state index contributed by atoms with van der Waals surface area (Å²) >= 11 is 2.96. The lowest BCUT2D eigenvalue weighted by atomic mass is 10.1. The Morgan fingerprint density at radius 2 is 1.67 bits per heavy atom. The van der Waals surface area contributed by atoms with Crippen LogP contribution in [0.15, 0.2) is 22.7 Å². The molecule has 0 atom stereocenters. The summed E-state index contributed by atoms with van der Waals surface area (Å²) in [7, 11) is 0. The standard InChI is InChI=1S/C11H7BrF7NO/c12-6-1-2-7(13)5(3-6)4-20-9(21)8(10(14,15)16)11(17,18)19/h1-3,8H,4H2,(H,20,21). The highest BCUT2D eigenvalue weighted by atomic mass is 79.9. The molecule has 0 aromatic heterocycles. The van der Waals surface area contributed by atoms with Crippen LogP contribution in [0.3, 0.4) is 0 Å². The highest BCUT2D eigenvalue weighted by Crippen LogP contribution is 2.39. The average Bonchev–Trinajstić information content (AvgIpc) is 2.26. The molecule has 10 heteroatoms. The van der Waals surface area contributed by atoms with Gasteiger partial charge in [0.1, 0.15) is 5.82 Å². The number of hydrogen-bond donors (Lipinski definition) is 1. The number of alkyl halides is 6. The second-order valence-corrected chi connectivity index (χ2v) is 4.89. The van der Waals surface area contributed by atoms with Crippen molar-refractivity contribution >= 4 is 21.8 Å². The van der Waals surface area contributed by atoms with Crippen molar-refractivity contribution in [3.63, 3.8) is 0 Å². The van der Waals surface area contributed by atoms with Crippen molar-refractivity contribution in [3.8, 4) is 0 Å². The lowest BCUT2D eigenvalue weighted by Gasteiger charge is -2.22. The molecular weight excluding hydrogens is 375 g/mol.